The van der Waals surface area contributed by atoms with Crippen molar-refractivity contribution in [1.82, 2.24) is 9.99 Å². The molecular formula is C22H22BrClN4O3S. The van der Waals surface area contributed by atoms with E-state index in [9.17, 15) is 13.2 Å². The van der Waals surface area contributed by atoms with Crippen molar-refractivity contribution >= 4 is 55.4 Å². The molecule has 0 unspecified atom stereocenters. The Morgan fingerprint density at radius 1 is 1.19 bits per heavy atom. The van der Waals surface area contributed by atoms with Gasteiger partial charge in [0.05, 0.1) is 18.2 Å². The number of benzene rings is 2. The lowest BCUT2D eigenvalue weighted by Gasteiger charge is -2.21. The number of halogens is 2. The molecule has 168 valence electrons. The Hall–Kier alpha value is -2.62. The minimum absolute atomic E-state index is 0.381. The van der Waals surface area contributed by atoms with Gasteiger partial charge in [0, 0.05) is 32.1 Å². The van der Waals surface area contributed by atoms with Crippen LogP contribution in [0.15, 0.2) is 64.2 Å². The van der Waals surface area contributed by atoms with E-state index in [4.69, 9.17) is 11.6 Å². The van der Waals surface area contributed by atoms with E-state index in [2.05, 4.69) is 26.5 Å². The first-order valence-corrected chi connectivity index (χ1v) is 12.6. The van der Waals surface area contributed by atoms with Crippen LogP contribution in [0.2, 0.25) is 5.02 Å². The van der Waals surface area contributed by atoms with Crippen LogP contribution in [0.1, 0.15) is 17.0 Å². The number of sulfonamides is 1. The van der Waals surface area contributed by atoms with Crippen LogP contribution in [0.3, 0.4) is 0 Å². The Kier molecular flexibility index (Phi) is 7.43. The molecule has 3 aromatic rings. The average molecular weight is 538 g/mol. The van der Waals surface area contributed by atoms with Gasteiger partial charge in [0.2, 0.25) is 10.0 Å². The number of carbonyl (C=O) groups excluding carboxylic acids is 1. The van der Waals surface area contributed by atoms with E-state index in [1.54, 1.807) is 24.3 Å². The van der Waals surface area contributed by atoms with Crippen molar-refractivity contribution in [3.05, 3.63) is 81.0 Å². The number of aromatic nitrogens is 1. The van der Waals surface area contributed by atoms with Crippen LogP contribution in [0.4, 0.5) is 5.69 Å². The molecule has 32 heavy (non-hydrogen) atoms. The fourth-order valence-corrected chi connectivity index (χ4v) is 4.72. The quantitative estimate of drug-likeness (QED) is 0.358. The largest absolute Gasteiger partial charge is 0.318 e. The molecule has 0 saturated heterocycles. The lowest BCUT2D eigenvalue weighted by atomic mass is 10.2. The first-order chi connectivity index (χ1) is 15.1. The second kappa shape index (κ2) is 9.89. The maximum atomic E-state index is 12.4. The van der Waals surface area contributed by atoms with E-state index < -0.39 is 22.5 Å². The number of nitrogens with one attached hydrogen (secondary N) is 1. The highest BCUT2D eigenvalue weighted by molar-refractivity contribution is 9.10. The second-order valence-electron chi connectivity index (χ2n) is 7.18. The van der Waals surface area contributed by atoms with Crippen LogP contribution in [-0.2, 0) is 14.8 Å². The van der Waals surface area contributed by atoms with Crippen LogP contribution in [0, 0.1) is 13.8 Å². The van der Waals surface area contributed by atoms with Gasteiger partial charge in [-0.15, -0.1) is 0 Å². The lowest BCUT2D eigenvalue weighted by molar-refractivity contribution is -0.119. The van der Waals surface area contributed by atoms with Crippen molar-refractivity contribution in [2.75, 3.05) is 17.1 Å². The third-order valence-electron chi connectivity index (χ3n) is 4.71. The summed E-state index contributed by atoms with van der Waals surface area (Å²) in [5, 5.41) is 4.66. The Morgan fingerprint density at radius 3 is 2.56 bits per heavy atom. The third kappa shape index (κ3) is 5.79. The number of carbonyl (C=O) groups is 1. The number of hydrogen-bond acceptors (Lipinski definition) is 4. The molecule has 0 saturated carbocycles. The number of rotatable bonds is 7. The predicted molar refractivity (Wildman–Crippen MR) is 132 cm³/mol. The minimum atomic E-state index is -3.66. The summed E-state index contributed by atoms with van der Waals surface area (Å²) in [6.07, 6.45) is 2.58. The van der Waals surface area contributed by atoms with Gasteiger partial charge < -0.3 is 4.57 Å². The molecule has 1 amide bonds. The van der Waals surface area contributed by atoms with E-state index in [1.165, 1.54) is 6.21 Å². The first kappa shape index (κ1) is 24.0. The molecule has 7 nitrogen and oxygen atoms in total. The Balaban J connectivity index is 1.74. The van der Waals surface area contributed by atoms with E-state index in [-0.39, 0.29) is 0 Å². The minimum Gasteiger partial charge on any atom is -0.318 e. The molecule has 0 radical (unpaired) electrons. The van der Waals surface area contributed by atoms with Crippen molar-refractivity contribution in [2.24, 2.45) is 5.10 Å². The zero-order valence-corrected chi connectivity index (χ0v) is 20.9. The number of hydrazone groups is 1. The van der Waals surface area contributed by atoms with Crippen molar-refractivity contribution in [2.45, 2.75) is 13.8 Å². The van der Waals surface area contributed by atoms with E-state index in [0.29, 0.717) is 15.2 Å². The van der Waals surface area contributed by atoms with Crippen molar-refractivity contribution in [3.63, 3.8) is 0 Å². The zero-order valence-electron chi connectivity index (χ0n) is 17.7. The number of nitrogens with zero attached hydrogens (tertiary/aromatic N) is 3. The molecule has 0 fully saturated rings. The van der Waals surface area contributed by atoms with Gasteiger partial charge in [0.1, 0.15) is 6.54 Å². The third-order valence-corrected chi connectivity index (χ3v) is 6.58. The highest BCUT2D eigenvalue weighted by atomic mass is 79.9. The Morgan fingerprint density at radius 2 is 1.91 bits per heavy atom. The summed E-state index contributed by atoms with van der Waals surface area (Å²) < 4.78 is 28.2. The van der Waals surface area contributed by atoms with Crippen molar-refractivity contribution < 1.29 is 13.2 Å². The van der Waals surface area contributed by atoms with E-state index in [1.807, 2.05) is 48.7 Å². The highest BCUT2D eigenvalue weighted by Gasteiger charge is 2.21. The van der Waals surface area contributed by atoms with Gasteiger partial charge in [-0.25, -0.2) is 13.8 Å². The van der Waals surface area contributed by atoms with Gasteiger partial charge >= 0.3 is 0 Å². The van der Waals surface area contributed by atoms with Gasteiger partial charge in [0.25, 0.3) is 5.91 Å². The number of aryl methyl sites for hydroxylation is 1. The summed E-state index contributed by atoms with van der Waals surface area (Å²) in [6.45, 7) is 3.51. The Labute approximate surface area is 200 Å². The van der Waals surface area contributed by atoms with E-state index in [0.717, 1.165) is 33.2 Å². The number of anilines is 1. The molecular weight excluding hydrogens is 516 g/mol. The molecule has 1 N–H and O–H groups in total. The standard InChI is InChI=1S/C22H22BrClN4O3S/c1-15-10-17(16(2)28(15)21-9-5-7-19(24)12-21)13-25-26-22(29)14-27(32(3,30)31)20-8-4-6-18(23)11-20/h4-13H,14H2,1-3H3,(H,26,29)/b25-13-. The average Bonchev–Trinajstić information content (AvgIpc) is 2.98. The summed E-state index contributed by atoms with van der Waals surface area (Å²) >= 11 is 9.43. The van der Waals surface area contributed by atoms with Crippen LogP contribution < -0.4 is 9.73 Å². The molecule has 3 rings (SSSR count). The van der Waals surface area contributed by atoms with Gasteiger partial charge in [-0.2, -0.15) is 5.10 Å². The molecule has 0 aliphatic carbocycles. The second-order valence-corrected chi connectivity index (χ2v) is 10.4. The number of amides is 1. The molecule has 0 aliphatic heterocycles. The van der Waals surface area contributed by atoms with Crippen molar-refractivity contribution in [3.8, 4) is 5.69 Å². The fraction of sp³-hybridized carbons (Fsp3) is 0.182. The predicted octanol–water partition coefficient (Wildman–Crippen LogP) is 4.43. The van der Waals surface area contributed by atoms with Gasteiger partial charge in [0.15, 0.2) is 0 Å². The lowest BCUT2D eigenvalue weighted by Crippen LogP contribution is -2.39. The molecule has 2 aromatic carbocycles. The van der Waals surface area contributed by atoms with E-state index >= 15 is 0 Å². The van der Waals surface area contributed by atoms with Gasteiger partial charge in [-0.1, -0.05) is 39.7 Å². The van der Waals surface area contributed by atoms with Gasteiger partial charge in [-0.05, 0) is 56.3 Å². The fourth-order valence-electron chi connectivity index (χ4n) is 3.30. The summed E-state index contributed by atoms with van der Waals surface area (Å²) in [7, 11) is -3.66. The summed E-state index contributed by atoms with van der Waals surface area (Å²) in [5.41, 5.74) is 6.43. The summed E-state index contributed by atoms with van der Waals surface area (Å²) in [5.74, 6) is -0.560. The Bertz CT molecular complexity index is 1290. The van der Waals surface area contributed by atoms with Crippen LogP contribution in [-0.4, -0.2) is 37.9 Å². The van der Waals surface area contributed by atoms with Crippen LogP contribution in [0.25, 0.3) is 5.69 Å². The van der Waals surface area contributed by atoms with Crippen LogP contribution in [0.5, 0.6) is 0 Å². The monoisotopic (exact) mass is 536 g/mol. The van der Waals surface area contributed by atoms with Gasteiger partial charge in [-0.3, -0.25) is 9.10 Å². The maximum Gasteiger partial charge on any atom is 0.260 e. The van der Waals surface area contributed by atoms with Crippen molar-refractivity contribution in [1.29, 1.82) is 0 Å². The molecule has 0 bridgehead atoms. The molecule has 0 spiro atoms. The smallest absolute Gasteiger partial charge is 0.260 e. The molecule has 10 heteroatoms. The molecule has 1 aromatic heterocycles. The maximum absolute atomic E-state index is 12.4. The topological polar surface area (TPSA) is 83.8 Å². The molecule has 0 atom stereocenters. The first-order valence-electron chi connectivity index (χ1n) is 9.56. The summed E-state index contributed by atoms with van der Waals surface area (Å²) in [6, 6.07) is 16.2. The normalized spacial score (nSPS) is 11.7. The SMILES string of the molecule is Cc1cc(/C=N\NC(=O)CN(c2cccc(Br)c2)S(C)(=O)=O)c(C)n1-c1cccc(Cl)c1. The summed E-state index contributed by atoms with van der Waals surface area (Å²) in [4.78, 5) is 12.4. The number of hydrogen-bond donors (Lipinski definition) is 1. The molecule has 0 aliphatic rings. The molecule has 1 heterocycles. The van der Waals surface area contributed by atoms with Crippen LogP contribution >= 0.6 is 27.5 Å². The zero-order chi connectivity index (χ0) is 23.5. The highest BCUT2D eigenvalue weighted by Crippen LogP contribution is 2.23.